The molecule has 0 aliphatic carbocycles. The van der Waals surface area contributed by atoms with Crippen molar-refractivity contribution < 1.29 is 9.76 Å². The molecular weight excluding hydrogens is 245 g/mol. The van der Waals surface area contributed by atoms with E-state index in [2.05, 4.69) is 4.99 Å². The zero-order valence-electron chi connectivity index (χ0n) is 11.7. The fraction of sp³-hybridized carbons (Fsp3) is 0.545. The van der Waals surface area contributed by atoms with E-state index < -0.39 is 17.0 Å². The van der Waals surface area contributed by atoms with Crippen molar-refractivity contribution in [3.8, 4) is 0 Å². The zero-order chi connectivity index (χ0) is 15.3. The van der Waals surface area contributed by atoms with Crippen molar-refractivity contribution in [1.82, 2.24) is 0 Å². The van der Waals surface area contributed by atoms with Gasteiger partial charge in [0.1, 0.15) is 0 Å². The highest BCUT2D eigenvalue weighted by Crippen LogP contribution is 2.24. The molecule has 0 saturated carbocycles. The molecule has 0 heterocycles. The molecule has 0 rings (SSSR count). The molecule has 0 aliphatic rings. The van der Waals surface area contributed by atoms with Gasteiger partial charge in [-0.3, -0.25) is 10.8 Å². The molecular formula is C11H21BN5O2. The van der Waals surface area contributed by atoms with Crippen molar-refractivity contribution in [3.63, 3.8) is 0 Å². The molecule has 0 bridgehead atoms. The van der Waals surface area contributed by atoms with Crippen molar-refractivity contribution >= 4 is 25.4 Å². The third kappa shape index (κ3) is 5.67. The number of hydrogen-bond acceptors (Lipinski definition) is 5. The van der Waals surface area contributed by atoms with Gasteiger partial charge in [0, 0.05) is 6.21 Å². The molecule has 0 aliphatic heterocycles. The lowest BCUT2D eigenvalue weighted by molar-refractivity contribution is -0.0895. The summed E-state index contributed by atoms with van der Waals surface area (Å²) in [7, 11) is 1.33. The monoisotopic (exact) mass is 266 g/mol. The molecule has 7 nitrogen and oxygen atoms in total. The summed E-state index contributed by atoms with van der Waals surface area (Å²) in [6.45, 7) is 6.72. The number of allylic oxidation sites excluding steroid dienone is 1. The number of nitrogens with zero attached hydrogens (tertiary/aromatic N) is 1. The molecule has 0 amide bonds. The minimum absolute atomic E-state index is 0.366. The van der Waals surface area contributed by atoms with Gasteiger partial charge in [0.25, 0.3) is 0 Å². The van der Waals surface area contributed by atoms with Crippen LogP contribution in [0.25, 0.3) is 0 Å². The summed E-state index contributed by atoms with van der Waals surface area (Å²) in [5.74, 6) is -0.806. The number of amidine groups is 2. The van der Waals surface area contributed by atoms with Crippen LogP contribution in [-0.2, 0) is 4.65 Å². The summed E-state index contributed by atoms with van der Waals surface area (Å²) in [5, 5.41) is 24.2. The molecule has 0 aromatic carbocycles. The normalized spacial score (nSPS) is 13.6. The second kappa shape index (κ2) is 6.49. The molecule has 0 spiro atoms. The van der Waals surface area contributed by atoms with Gasteiger partial charge in [-0.15, -0.1) is 0 Å². The molecule has 1 radical (unpaired) electrons. The van der Waals surface area contributed by atoms with Crippen LogP contribution < -0.4 is 11.5 Å². The van der Waals surface area contributed by atoms with Crippen LogP contribution in [0.4, 0.5) is 0 Å². The van der Waals surface area contributed by atoms with E-state index in [0.717, 1.165) is 0 Å². The maximum atomic E-state index is 9.91. The van der Waals surface area contributed by atoms with Gasteiger partial charge in [0.05, 0.1) is 11.2 Å². The summed E-state index contributed by atoms with van der Waals surface area (Å²) >= 11 is 0. The van der Waals surface area contributed by atoms with E-state index in [1.807, 2.05) is 0 Å². The summed E-state index contributed by atoms with van der Waals surface area (Å²) in [5.41, 5.74) is 8.99. The molecule has 0 aromatic rings. The predicted molar refractivity (Wildman–Crippen MR) is 77.6 cm³/mol. The van der Waals surface area contributed by atoms with Crippen molar-refractivity contribution in [1.29, 1.82) is 10.8 Å². The standard InChI is InChI=1S/C11H21BN5O2/c1-10(2,18)11(3,4)19-12-7(5-13)6-17-9(16)8(14)15/h5-6,16,18H,13H2,1-4H3,(H3,14,15). The van der Waals surface area contributed by atoms with E-state index in [0.29, 0.717) is 5.47 Å². The Balaban J connectivity index is 4.63. The van der Waals surface area contributed by atoms with Gasteiger partial charge in [-0.25, -0.2) is 4.99 Å². The van der Waals surface area contributed by atoms with Gasteiger partial charge in [-0.2, -0.15) is 0 Å². The molecule has 19 heavy (non-hydrogen) atoms. The first-order valence-electron chi connectivity index (χ1n) is 5.63. The number of nitrogens with two attached hydrogens (primary N) is 2. The first-order chi connectivity index (χ1) is 8.51. The first-order valence-corrected chi connectivity index (χ1v) is 5.63. The lowest BCUT2D eigenvalue weighted by atomic mass is 9.83. The lowest BCUT2D eigenvalue weighted by Gasteiger charge is -2.37. The number of hydrogen-bond donors (Lipinski definition) is 5. The Bertz CT molecular complexity index is 410. The summed E-state index contributed by atoms with van der Waals surface area (Å²) in [6.07, 6.45) is 2.49. The van der Waals surface area contributed by atoms with Gasteiger partial charge in [0.15, 0.2) is 11.7 Å². The minimum Gasteiger partial charge on any atom is -0.427 e. The van der Waals surface area contributed by atoms with E-state index in [-0.39, 0.29) is 5.84 Å². The number of aliphatic imine (C=N–C) groups is 1. The molecule has 0 atom stereocenters. The van der Waals surface area contributed by atoms with Gasteiger partial charge in [-0.05, 0) is 39.4 Å². The smallest absolute Gasteiger partial charge is 0.333 e. The van der Waals surface area contributed by atoms with Crippen LogP contribution in [0.5, 0.6) is 0 Å². The van der Waals surface area contributed by atoms with Gasteiger partial charge in [-0.1, -0.05) is 0 Å². The molecule has 0 fully saturated rings. The third-order valence-electron chi connectivity index (χ3n) is 2.75. The van der Waals surface area contributed by atoms with E-state index in [1.54, 1.807) is 27.7 Å². The molecule has 105 valence electrons. The highest BCUT2D eigenvalue weighted by molar-refractivity contribution is 6.47. The SMILES string of the molecule is CC(C)(O)C(C)(C)O[B]C(C=NC(=N)C(=N)N)=CN. The van der Waals surface area contributed by atoms with Crippen LogP contribution in [0.15, 0.2) is 16.7 Å². The van der Waals surface area contributed by atoms with Crippen LogP contribution in [0, 0.1) is 10.8 Å². The van der Waals surface area contributed by atoms with Crippen molar-refractivity contribution in [2.45, 2.75) is 38.9 Å². The maximum absolute atomic E-state index is 9.91. The molecule has 7 N–H and O–H groups in total. The maximum Gasteiger partial charge on any atom is 0.333 e. The molecule has 0 unspecified atom stereocenters. The fourth-order valence-corrected chi connectivity index (χ4v) is 0.681. The zero-order valence-corrected chi connectivity index (χ0v) is 11.7. The fourth-order valence-electron chi connectivity index (χ4n) is 0.681. The average molecular weight is 266 g/mol. The van der Waals surface area contributed by atoms with E-state index in [1.165, 1.54) is 19.9 Å². The van der Waals surface area contributed by atoms with Crippen molar-refractivity contribution in [2.24, 2.45) is 16.5 Å². The first kappa shape index (κ1) is 17.3. The Morgan fingerprint density at radius 2 is 1.84 bits per heavy atom. The lowest BCUT2D eigenvalue weighted by Crippen LogP contribution is -2.48. The Morgan fingerprint density at radius 1 is 1.32 bits per heavy atom. The van der Waals surface area contributed by atoms with Crippen molar-refractivity contribution in [2.75, 3.05) is 0 Å². The topological polar surface area (TPSA) is 142 Å². The minimum atomic E-state index is -1.05. The Kier molecular flexibility index (Phi) is 5.92. The molecule has 0 saturated heterocycles. The van der Waals surface area contributed by atoms with Crippen LogP contribution in [0.3, 0.4) is 0 Å². The van der Waals surface area contributed by atoms with Gasteiger partial charge >= 0.3 is 7.48 Å². The van der Waals surface area contributed by atoms with Gasteiger partial charge < -0.3 is 21.2 Å². The predicted octanol–water partition coefficient (Wildman–Crippen LogP) is -0.0442. The molecule has 0 aromatic heterocycles. The Hall–Kier alpha value is -1.67. The summed E-state index contributed by atoms with van der Waals surface area (Å²) < 4.78 is 5.47. The summed E-state index contributed by atoms with van der Waals surface area (Å²) in [6, 6.07) is 0. The van der Waals surface area contributed by atoms with Crippen molar-refractivity contribution in [3.05, 3.63) is 11.7 Å². The quantitative estimate of drug-likeness (QED) is 0.270. The van der Waals surface area contributed by atoms with E-state index in [4.69, 9.17) is 26.9 Å². The Morgan fingerprint density at radius 3 is 2.21 bits per heavy atom. The largest absolute Gasteiger partial charge is 0.427 e. The van der Waals surface area contributed by atoms with E-state index in [9.17, 15) is 5.11 Å². The second-order valence-electron chi connectivity index (χ2n) is 4.99. The highest BCUT2D eigenvalue weighted by Gasteiger charge is 2.35. The second-order valence-corrected chi connectivity index (χ2v) is 4.99. The Labute approximate surface area is 114 Å². The van der Waals surface area contributed by atoms with Crippen LogP contribution in [-0.4, -0.2) is 41.7 Å². The van der Waals surface area contributed by atoms with Crippen LogP contribution >= 0.6 is 0 Å². The number of nitrogens with one attached hydrogen (secondary N) is 2. The molecule has 8 heteroatoms. The number of rotatable bonds is 5. The van der Waals surface area contributed by atoms with E-state index >= 15 is 0 Å². The van der Waals surface area contributed by atoms with Gasteiger partial charge in [0.2, 0.25) is 0 Å². The van der Waals surface area contributed by atoms with Crippen LogP contribution in [0.2, 0.25) is 0 Å². The highest BCUT2D eigenvalue weighted by atomic mass is 16.5. The average Bonchev–Trinajstić information content (AvgIpc) is 2.27. The van der Waals surface area contributed by atoms with Crippen LogP contribution in [0.1, 0.15) is 27.7 Å². The summed E-state index contributed by atoms with van der Waals surface area (Å²) in [4.78, 5) is 3.64. The third-order valence-corrected chi connectivity index (χ3v) is 2.75. The number of aliphatic hydroxyl groups is 1.